The third-order valence-electron chi connectivity index (χ3n) is 2.70. The second kappa shape index (κ2) is 10.7. The lowest BCUT2D eigenvalue weighted by Gasteiger charge is -2.08. The lowest BCUT2D eigenvalue weighted by Crippen LogP contribution is -2.36. The van der Waals surface area contributed by atoms with E-state index in [0.717, 1.165) is 18.7 Å². The Morgan fingerprint density at radius 1 is 1.16 bits per heavy atom. The number of thioether (sulfide) groups is 1. The van der Waals surface area contributed by atoms with Crippen molar-refractivity contribution in [2.75, 3.05) is 23.9 Å². The first-order valence-corrected chi connectivity index (χ1v) is 8.08. The minimum absolute atomic E-state index is 0.621. The van der Waals surface area contributed by atoms with Crippen LogP contribution in [0.1, 0.15) is 25.7 Å². The summed E-state index contributed by atoms with van der Waals surface area (Å²) in [5.41, 5.74) is 3.58. The molecule has 0 amide bonds. The van der Waals surface area contributed by atoms with E-state index >= 15 is 0 Å². The fraction of sp³-hybridized carbons (Fsp3) is 0.500. The summed E-state index contributed by atoms with van der Waals surface area (Å²) in [6.45, 7) is 0.804. The molecule has 0 bridgehead atoms. The Kier molecular flexibility index (Phi) is 8.93. The number of hydrazine groups is 1. The smallest absolute Gasteiger partial charge is 0.210 e. The van der Waals surface area contributed by atoms with Crippen molar-refractivity contribution in [2.45, 2.75) is 25.7 Å². The van der Waals surface area contributed by atoms with Crippen LogP contribution < -0.4 is 16.6 Å². The zero-order chi connectivity index (χ0) is 13.8. The number of nitrogens with one attached hydrogen (secondary N) is 2. The van der Waals surface area contributed by atoms with E-state index in [1.54, 1.807) is 0 Å². The van der Waals surface area contributed by atoms with Gasteiger partial charge in [-0.25, -0.2) is 5.84 Å². The Morgan fingerprint density at radius 2 is 1.89 bits per heavy atom. The van der Waals surface area contributed by atoms with Crippen molar-refractivity contribution in [1.29, 1.82) is 0 Å². The zero-order valence-electron chi connectivity index (χ0n) is 11.6. The molecule has 0 radical (unpaired) electrons. The van der Waals surface area contributed by atoms with Gasteiger partial charge in [-0.3, -0.25) is 10.4 Å². The van der Waals surface area contributed by atoms with Crippen LogP contribution in [0.4, 0.5) is 5.69 Å². The molecule has 1 aromatic rings. The predicted molar refractivity (Wildman–Crippen MR) is 86.5 cm³/mol. The summed E-state index contributed by atoms with van der Waals surface area (Å²) in [6.07, 6.45) is 7.07. The third-order valence-corrected chi connectivity index (χ3v) is 3.40. The summed E-state index contributed by atoms with van der Waals surface area (Å²) in [7, 11) is 0. The fourth-order valence-corrected chi connectivity index (χ4v) is 2.17. The van der Waals surface area contributed by atoms with Gasteiger partial charge in [0.25, 0.3) is 0 Å². The molecule has 1 rings (SSSR count). The second-order valence-corrected chi connectivity index (χ2v) is 5.26. The third kappa shape index (κ3) is 7.74. The molecule has 4 N–H and O–H groups in total. The van der Waals surface area contributed by atoms with Crippen LogP contribution in [0.25, 0.3) is 0 Å². The quantitative estimate of drug-likeness (QED) is 0.225. The number of hydrogen-bond donors (Lipinski definition) is 3. The van der Waals surface area contributed by atoms with Crippen LogP contribution in [0.3, 0.4) is 0 Å². The molecule has 0 saturated heterocycles. The van der Waals surface area contributed by atoms with Gasteiger partial charge in [-0.15, -0.1) is 0 Å². The molecule has 0 aliphatic carbocycles. The number of nitrogens with two attached hydrogens (primary N) is 1. The molecular formula is C14H24N4S. The largest absolute Gasteiger partial charge is 0.325 e. The van der Waals surface area contributed by atoms with Gasteiger partial charge in [-0.1, -0.05) is 31.0 Å². The number of aliphatic imine (C=N–C) groups is 1. The Balaban J connectivity index is 2.21. The van der Waals surface area contributed by atoms with E-state index in [4.69, 9.17) is 5.84 Å². The first-order chi connectivity index (χ1) is 9.36. The molecule has 106 valence electrons. The molecule has 0 aliphatic rings. The van der Waals surface area contributed by atoms with Crippen LogP contribution >= 0.6 is 11.8 Å². The number of benzene rings is 1. The van der Waals surface area contributed by atoms with E-state index in [2.05, 4.69) is 22.0 Å². The molecule has 5 heteroatoms. The number of unbranched alkanes of at least 4 members (excludes halogenated alkanes) is 3. The molecule has 0 heterocycles. The van der Waals surface area contributed by atoms with E-state index < -0.39 is 0 Å². The van der Waals surface area contributed by atoms with Crippen LogP contribution in [0.5, 0.6) is 0 Å². The van der Waals surface area contributed by atoms with Crippen molar-refractivity contribution in [1.82, 2.24) is 5.43 Å². The van der Waals surface area contributed by atoms with Gasteiger partial charge < -0.3 is 5.32 Å². The number of para-hydroxylation sites is 1. The number of rotatable bonds is 8. The molecular weight excluding hydrogens is 256 g/mol. The summed E-state index contributed by atoms with van der Waals surface area (Å²) in [4.78, 5) is 4.42. The van der Waals surface area contributed by atoms with Crippen molar-refractivity contribution >= 4 is 23.4 Å². The van der Waals surface area contributed by atoms with Crippen LogP contribution in [0.15, 0.2) is 35.3 Å². The molecule has 0 unspecified atom stereocenters. The highest BCUT2D eigenvalue weighted by atomic mass is 32.2. The van der Waals surface area contributed by atoms with Gasteiger partial charge >= 0.3 is 0 Å². The highest BCUT2D eigenvalue weighted by molar-refractivity contribution is 7.98. The number of nitrogens with zero attached hydrogens (tertiary/aromatic N) is 1. The summed E-state index contributed by atoms with van der Waals surface area (Å²) < 4.78 is 0. The SMILES string of the molecule is CSCCCCCCN=C(NN)Nc1ccccc1. The minimum Gasteiger partial charge on any atom is -0.325 e. The van der Waals surface area contributed by atoms with E-state index in [9.17, 15) is 0 Å². The average molecular weight is 280 g/mol. The maximum Gasteiger partial charge on any atom is 0.210 e. The first-order valence-electron chi connectivity index (χ1n) is 6.69. The van der Waals surface area contributed by atoms with Gasteiger partial charge in [-0.2, -0.15) is 11.8 Å². The van der Waals surface area contributed by atoms with Crippen molar-refractivity contribution < 1.29 is 0 Å². The molecule has 19 heavy (non-hydrogen) atoms. The molecule has 1 aromatic carbocycles. The Hall–Kier alpha value is -1.20. The molecule has 0 aromatic heterocycles. The van der Waals surface area contributed by atoms with Gasteiger partial charge in [0.2, 0.25) is 5.96 Å². The van der Waals surface area contributed by atoms with Crippen molar-refractivity contribution in [2.24, 2.45) is 10.8 Å². The van der Waals surface area contributed by atoms with Gasteiger partial charge in [-0.05, 0) is 37.0 Å². The van der Waals surface area contributed by atoms with Gasteiger partial charge in [0.15, 0.2) is 0 Å². The zero-order valence-corrected chi connectivity index (χ0v) is 12.4. The van der Waals surface area contributed by atoms with E-state index in [-0.39, 0.29) is 0 Å². The van der Waals surface area contributed by atoms with Crippen molar-refractivity contribution in [3.8, 4) is 0 Å². The number of anilines is 1. The summed E-state index contributed by atoms with van der Waals surface area (Å²) in [5, 5.41) is 3.15. The average Bonchev–Trinajstić information content (AvgIpc) is 2.46. The Morgan fingerprint density at radius 3 is 2.58 bits per heavy atom. The number of guanidine groups is 1. The minimum atomic E-state index is 0.621. The van der Waals surface area contributed by atoms with Gasteiger partial charge in [0, 0.05) is 12.2 Å². The maximum atomic E-state index is 5.46. The molecule has 0 saturated carbocycles. The van der Waals surface area contributed by atoms with Crippen LogP contribution in [-0.4, -0.2) is 24.5 Å². The molecule has 0 fully saturated rings. The predicted octanol–water partition coefficient (Wildman–Crippen LogP) is 2.84. The molecule has 0 atom stereocenters. The van der Waals surface area contributed by atoms with Crippen LogP contribution in [0.2, 0.25) is 0 Å². The maximum absolute atomic E-state index is 5.46. The second-order valence-electron chi connectivity index (χ2n) is 4.27. The lowest BCUT2D eigenvalue weighted by molar-refractivity contribution is 0.677. The van der Waals surface area contributed by atoms with Crippen molar-refractivity contribution in [3.05, 3.63) is 30.3 Å². The van der Waals surface area contributed by atoms with Crippen LogP contribution in [0, 0.1) is 0 Å². The van der Waals surface area contributed by atoms with Crippen molar-refractivity contribution in [3.63, 3.8) is 0 Å². The lowest BCUT2D eigenvalue weighted by atomic mass is 10.2. The fourth-order valence-electron chi connectivity index (χ4n) is 1.68. The summed E-state index contributed by atoms with van der Waals surface area (Å²) in [6, 6.07) is 9.89. The molecule has 0 aliphatic heterocycles. The summed E-state index contributed by atoms with van der Waals surface area (Å²) >= 11 is 1.91. The Labute approximate surface area is 120 Å². The highest BCUT2D eigenvalue weighted by Crippen LogP contribution is 2.06. The van der Waals surface area contributed by atoms with E-state index in [0.29, 0.717) is 5.96 Å². The first kappa shape index (κ1) is 15.9. The number of hydrogen-bond acceptors (Lipinski definition) is 3. The Bertz CT molecular complexity index is 354. The normalized spacial score (nSPS) is 11.4. The molecule has 4 nitrogen and oxygen atoms in total. The van der Waals surface area contributed by atoms with E-state index in [1.165, 1.54) is 25.0 Å². The standard InChI is InChI=1S/C14H24N4S/c1-19-12-8-3-2-7-11-16-14(18-15)17-13-9-5-4-6-10-13/h4-6,9-10H,2-3,7-8,11-12,15H2,1H3,(H2,16,17,18). The van der Waals surface area contributed by atoms with E-state index in [1.807, 2.05) is 42.1 Å². The summed E-state index contributed by atoms with van der Waals surface area (Å²) in [5.74, 6) is 7.33. The topological polar surface area (TPSA) is 62.4 Å². The van der Waals surface area contributed by atoms with Gasteiger partial charge in [0.05, 0.1) is 0 Å². The van der Waals surface area contributed by atoms with Crippen LogP contribution in [-0.2, 0) is 0 Å². The highest BCUT2D eigenvalue weighted by Gasteiger charge is 1.96. The molecule has 0 spiro atoms. The van der Waals surface area contributed by atoms with Gasteiger partial charge in [0.1, 0.15) is 0 Å². The monoisotopic (exact) mass is 280 g/mol.